The van der Waals surface area contributed by atoms with Gasteiger partial charge in [0.15, 0.2) is 30.7 Å². The Morgan fingerprint density at radius 1 is 0.575 bits per heavy atom. The van der Waals surface area contributed by atoms with Gasteiger partial charge in [-0.2, -0.15) is 0 Å². The van der Waals surface area contributed by atoms with Crippen LogP contribution in [0.1, 0.15) is 142 Å². The predicted octanol–water partition coefficient (Wildman–Crippen LogP) is 17.9. The smallest absolute Gasteiger partial charge is 0.192 e. The zero-order valence-corrected chi connectivity index (χ0v) is 58.1. The molecule has 80 heavy (non-hydrogen) atoms. The Labute approximate surface area is 493 Å². The van der Waals surface area contributed by atoms with Gasteiger partial charge in [-0.05, 0) is 133 Å². The molecule has 0 aliphatic carbocycles. The molecule has 454 valence electrons. The van der Waals surface area contributed by atoms with Crippen molar-refractivity contribution in [2.75, 3.05) is 20.8 Å². The van der Waals surface area contributed by atoms with Gasteiger partial charge in [0.2, 0.25) is 0 Å². The lowest BCUT2D eigenvalue weighted by atomic mass is 9.81. The van der Waals surface area contributed by atoms with E-state index in [0.717, 1.165) is 29.0 Å². The molecule has 0 heterocycles. The third-order valence-electron chi connectivity index (χ3n) is 17.9. The lowest BCUT2D eigenvalue weighted by Gasteiger charge is -2.45. The molecule has 2 aromatic carbocycles. The van der Waals surface area contributed by atoms with Crippen LogP contribution in [0.4, 0.5) is 0 Å². The molecule has 0 radical (unpaired) electrons. The Morgan fingerprint density at radius 2 is 1.01 bits per heavy atom. The van der Waals surface area contributed by atoms with Gasteiger partial charge in [0, 0.05) is 24.2 Å². The summed E-state index contributed by atoms with van der Waals surface area (Å²) in [4.78, 5) is 14.0. The van der Waals surface area contributed by atoms with Crippen LogP contribution in [0.3, 0.4) is 0 Å². The summed E-state index contributed by atoms with van der Waals surface area (Å²) in [5.41, 5.74) is 3.45. The van der Waals surface area contributed by atoms with E-state index in [4.69, 9.17) is 32.2 Å². The van der Waals surface area contributed by atoms with Crippen LogP contribution >= 0.6 is 0 Å². The third kappa shape index (κ3) is 23.1. The topological polar surface area (TPSA) is 102 Å². The Balaban J connectivity index is 2.46. The molecule has 12 heteroatoms. The number of hydrogen-bond acceptors (Lipinski definition) is 9. The maximum Gasteiger partial charge on any atom is 0.192 e. The van der Waals surface area contributed by atoms with E-state index in [0.29, 0.717) is 19.8 Å². The summed E-state index contributed by atoms with van der Waals surface area (Å²) < 4.78 is 45.6. The van der Waals surface area contributed by atoms with E-state index in [9.17, 15) is 9.90 Å². The van der Waals surface area contributed by atoms with Crippen LogP contribution in [0.5, 0.6) is 11.5 Å². The summed E-state index contributed by atoms with van der Waals surface area (Å²) >= 11 is 0. The maximum atomic E-state index is 14.0. The van der Waals surface area contributed by atoms with Gasteiger partial charge in [-0.1, -0.05) is 190 Å². The highest BCUT2D eigenvalue weighted by Gasteiger charge is 2.45. The number of carbonyl (C=O) groups is 1. The quantitative estimate of drug-likeness (QED) is 0.0241. The first-order valence-corrected chi connectivity index (χ1v) is 38.6. The SMILES string of the molecule is C=C/C=C\[C@H](C)[C@H](OCc1ccc(OC)cc1)[C@@H](C)[C@H](O[Si](C)(C)C(C)(C)C)[C@@H](C)C/C(C)=C\[C@H](C)[C@@H](O[Si](C)(C)C(C)(C)C)[C@@H](C)/C=C\C(=O)C[C@H](O)[C@H](C)[C@H](O[Si](C)(C)C(C)(C)C)[C@@H](C)/C=C\COCc1ccc(OC)cc1. The molecule has 2 rings (SSSR count). The molecule has 0 fully saturated rings. The Kier molecular flexibility index (Phi) is 29.3. The fraction of sp³-hybridized carbons (Fsp3) is 0.662. The number of aliphatic hydroxyl groups is 1. The summed E-state index contributed by atoms with van der Waals surface area (Å²) in [7, 11) is -3.44. The van der Waals surface area contributed by atoms with Gasteiger partial charge in [-0.15, -0.1) is 0 Å². The van der Waals surface area contributed by atoms with Crippen molar-refractivity contribution in [1.29, 1.82) is 0 Å². The van der Waals surface area contributed by atoms with Crippen molar-refractivity contribution in [3.05, 3.63) is 120 Å². The van der Waals surface area contributed by atoms with Crippen molar-refractivity contribution >= 4 is 30.7 Å². The minimum Gasteiger partial charge on any atom is -0.497 e. The summed E-state index contributed by atoms with van der Waals surface area (Å²) in [5.74, 6) is 1.46. The van der Waals surface area contributed by atoms with E-state index in [1.165, 1.54) is 5.57 Å². The Morgan fingerprint density at radius 3 is 1.48 bits per heavy atom. The summed E-state index contributed by atoms with van der Waals surface area (Å²) in [5, 5.41) is 11.8. The molecule has 0 spiro atoms. The lowest BCUT2D eigenvalue weighted by molar-refractivity contribution is -0.117. The molecule has 0 bridgehead atoms. The predicted molar refractivity (Wildman–Crippen MR) is 346 cm³/mol. The minimum absolute atomic E-state index is 0.00337. The van der Waals surface area contributed by atoms with Gasteiger partial charge in [0.25, 0.3) is 0 Å². The zero-order valence-electron chi connectivity index (χ0n) is 55.1. The van der Waals surface area contributed by atoms with Crippen LogP contribution in [-0.4, -0.2) is 87.2 Å². The zero-order chi connectivity index (χ0) is 61.2. The normalized spacial score (nSPS) is 18.3. The van der Waals surface area contributed by atoms with Crippen LogP contribution in [0.15, 0.2) is 109 Å². The summed E-state index contributed by atoms with van der Waals surface area (Å²) in [6.07, 6.45) is 15.6. The van der Waals surface area contributed by atoms with E-state index in [2.05, 4.69) is 187 Å². The first-order chi connectivity index (χ1) is 36.8. The molecule has 0 unspecified atom stereocenters. The molecule has 0 amide bonds. The van der Waals surface area contributed by atoms with Crippen LogP contribution in [-0.2, 0) is 40.8 Å². The van der Waals surface area contributed by atoms with E-state index < -0.39 is 31.1 Å². The van der Waals surface area contributed by atoms with Crippen molar-refractivity contribution in [2.45, 2.75) is 229 Å². The number of ether oxygens (including phenoxy) is 4. The number of carbonyl (C=O) groups excluding carboxylic acids is 1. The summed E-state index contributed by atoms with van der Waals surface area (Å²) in [6.45, 7) is 57.4. The second kappa shape index (κ2) is 32.2. The Hall–Kier alpha value is -3.18. The standard InChI is InChI=1S/C68H116O9Si3/c1-27-28-30-49(3)63(74-47-57-35-40-60(72-20)41-36-57)55(9)65(77-80(25,26)68(16,17)18)53(7)44-48(2)43-52(6)62(75-78(21,22)66(10,11)12)51(5)32-37-58(69)45-61(70)54(8)64(76-79(23,24)67(13,14)15)50(4)31-29-42-73-46-56-33-38-59(71-19)39-34-56/h27-41,43,49-55,61-65,70H,1,42,44-47H2,2-26H3/b30-28-,31-29-,37-32-,48-43-/t49-,50-,51-,52-,53-,54-,55+,61-,62-,63-,64+,65+/m0/s1. The average molecular weight is 1160 g/mol. The molecular weight excluding hydrogens is 1040 g/mol. The van der Waals surface area contributed by atoms with E-state index >= 15 is 0 Å². The average Bonchev–Trinajstić information content (AvgIpc) is 3.36. The van der Waals surface area contributed by atoms with Crippen molar-refractivity contribution in [1.82, 2.24) is 0 Å². The number of ketones is 1. The molecule has 0 saturated heterocycles. The van der Waals surface area contributed by atoms with E-state index in [1.807, 2.05) is 67.6 Å². The first-order valence-electron chi connectivity index (χ1n) is 29.8. The molecule has 0 aromatic heterocycles. The van der Waals surface area contributed by atoms with Crippen LogP contribution in [0.2, 0.25) is 54.4 Å². The highest BCUT2D eigenvalue weighted by Crippen LogP contribution is 2.44. The molecule has 0 aliphatic heterocycles. The number of aliphatic hydroxyl groups excluding tert-OH is 1. The molecule has 2 aromatic rings. The second-order valence-corrected chi connectivity index (χ2v) is 42.3. The highest BCUT2D eigenvalue weighted by atomic mass is 28.4. The molecule has 1 N–H and O–H groups in total. The number of allylic oxidation sites excluding steroid dienone is 4. The van der Waals surface area contributed by atoms with Gasteiger partial charge in [-0.25, -0.2) is 0 Å². The largest absolute Gasteiger partial charge is 0.497 e. The monoisotopic (exact) mass is 1160 g/mol. The number of methoxy groups -OCH3 is 2. The van der Waals surface area contributed by atoms with Crippen molar-refractivity contribution in [2.24, 2.45) is 41.4 Å². The molecule has 9 nitrogen and oxygen atoms in total. The minimum atomic E-state index is -2.28. The molecular formula is C68H116O9Si3. The van der Waals surface area contributed by atoms with Gasteiger partial charge in [0.1, 0.15) is 11.5 Å². The molecule has 0 aliphatic rings. The first kappa shape index (κ1) is 72.9. The summed E-state index contributed by atoms with van der Waals surface area (Å²) in [6, 6.07) is 16.0. The second-order valence-electron chi connectivity index (χ2n) is 28.0. The van der Waals surface area contributed by atoms with Crippen LogP contribution < -0.4 is 9.47 Å². The van der Waals surface area contributed by atoms with Crippen molar-refractivity contribution in [3.8, 4) is 11.5 Å². The maximum absolute atomic E-state index is 14.0. The number of rotatable bonds is 34. The van der Waals surface area contributed by atoms with Gasteiger partial charge >= 0.3 is 0 Å². The van der Waals surface area contributed by atoms with Crippen LogP contribution in [0, 0.1) is 41.4 Å². The van der Waals surface area contributed by atoms with Crippen LogP contribution in [0.25, 0.3) is 0 Å². The molecule has 0 saturated carbocycles. The van der Waals surface area contributed by atoms with E-state index in [-0.39, 0.29) is 93.2 Å². The number of benzene rings is 2. The fourth-order valence-electron chi connectivity index (χ4n) is 9.56. The fourth-order valence-corrected chi connectivity index (χ4v) is 14.0. The highest BCUT2D eigenvalue weighted by molar-refractivity contribution is 6.75. The van der Waals surface area contributed by atoms with Crippen molar-refractivity contribution in [3.63, 3.8) is 0 Å². The number of hydrogen-bond donors (Lipinski definition) is 1. The molecule has 12 atom stereocenters. The Bertz CT molecular complexity index is 2260. The van der Waals surface area contributed by atoms with Gasteiger partial charge in [0.05, 0.1) is 64.6 Å². The van der Waals surface area contributed by atoms with E-state index in [1.54, 1.807) is 20.3 Å². The lowest BCUT2D eigenvalue weighted by Crippen LogP contribution is -2.50. The van der Waals surface area contributed by atoms with Crippen molar-refractivity contribution < 1.29 is 42.1 Å². The van der Waals surface area contributed by atoms with Gasteiger partial charge in [-0.3, -0.25) is 4.79 Å². The third-order valence-corrected chi connectivity index (χ3v) is 31.3. The van der Waals surface area contributed by atoms with Gasteiger partial charge < -0.3 is 37.3 Å².